The van der Waals surface area contributed by atoms with E-state index in [2.05, 4.69) is 15.3 Å². The summed E-state index contributed by atoms with van der Waals surface area (Å²) in [6.07, 6.45) is 7.21. The highest BCUT2D eigenvalue weighted by molar-refractivity contribution is 8.01. The summed E-state index contributed by atoms with van der Waals surface area (Å²) >= 11 is 1.67. The summed E-state index contributed by atoms with van der Waals surface area (Å²) in [5.41, 5.74) is 0.896. The number of aromatic nitrogens is 2. The molecule has 1 atom stereocenters. The first-order valence-corrected chi connectivity index (χ1v) is 10.2. The van der Waals surface area contributed by atoms with Crippen LogP contribution in [0.3, 0.4) is 0 Å². The molecule has 0 spiro atoms. The van der Waals surface area contributed by atoms with E-state index in [4.69, 9.17) is 0 Å². The Kier molecular flexibility index (Phi) is 4.37. The molecule has 0 bridgehead atoms. The highest BCUT2D eigenvalue weighted by Gasteiger charge is 2.32. The number of hydrogen-bond donors (Lipinski definition) is 1. The van der Waals surface area contributed by atoms with Gasteiger partial charge >= 0.3 is 0 Å². The molecule has 116 valence electrons. The SMILES string of the molecule is CS(=O)(=O)C1CSCCN1c1cnc(CNC2CC2)cn1. The second-order valence-corrected chi connectivity index (χ2v) is 8.93. The minimum Gasteiger partial charge on any atom is -0.337 e. The van der Waals surface area contributed by atoms with Crippen LogP contribution in [0.2, 0.25) is 0 Å². The van der Waals surface area contributed by atoms with Crippen molar-refractivity contribution in [2.24, 2.45) is 0 Å². The molecule has 1 aliphatic carbocycles. The molecule has 21 heavy (non-hydrogen) atoms. The van der Waals surface area contributed by atoms with Crippen molar-refractivity contribution in [2.75, 3.05) is 29.2 Å². The van der Waals surface area contributed by atoms with Crippen LogP contribution in [-0.4, -0.2) is 54.1 Å². The second kappa shape index (κ2) is 6.10. The maximum Gasteiger partial charge on any atom is 0.169 e. The van der Waals surface area contributed by atoms with Gasteiger partial charge in [-0.3, -0.25) is 4.98 Å². The average molecular weight is 328 g/mol. The van der Waals surface area contributed by atoms with Crippen LogP contribution >= 0.6 is 11.8 Å². The summed E-state index contributed by atoms with van der Waals surface area (Å²) < 4.78 is 23.8. The molecule has 1 saturated heterocycles. The van der Waals surface area contributed by atoms with Crippen molar-refractivity contribution in [1.29, 1.82) is 0 Å². The number of hydrogen-bond acceptors (Lipinski definition) is 7. The number of thioether (sulfide) groups is 1. The van der Waals surface area contributed by atoms with Crippen LogP contribution in [0, 0.1) is 0 Å². The third kappa shape index (κ3) is 3.87. The lowest BCUT2D eigenvalue weighted by atomic mass is 10.4. The monoisotopic (exact) mass is 328 g/mol. The highest BCUT2D eigenvalue weighted by atomic mass is 32.2. The predicted octanol–water partition coefficient (Wildman–Crippen LogP) is 0.652. The summed E-state index contributed by atoms with van der Waals surface area (Å²) in [7, 11) is -3.12. The smallest absolute Gasteiger partial charge is 0.169 e. The zero-order chi connectivity index (χ0) is 14.9. The van der Waals surface area contributed by atoms with Crippen molar-refractivity contribution in [3.05, 3.63) is 18.1 Å². The van der Waals surface area contributed by atoms with Crippen LogP contribution in [-0.2, 0) is 16.4 Å². The first-order chi connectivity index (χ1) is 10.0. The van der Waals surface area contributed by atoms with Gasteiger partial charge in [0.25, 0.3) is 0 Å². The van der Waals surface area contributed by atoms with Crippen molar-refractivity contribution >= 4 is 27.4 Å². The van der Waals surface area contributed by atoms with Crippen LogP contribution in [0.15, 0.2) is 12.4 Å². The fourth-order valence-electron chi connectivity index (χ4n) is 2.32. The molecule has 0 aromatic carbocycles. The van der Waals surface area contributed by atoms with Crippen molar-refractivity contribution < 1.29 is 8.42 Å². The van der Waals surface area contributed by atoms with Crippen molar-refractivity contribution in [1.82, 2.24) is 15.3 Å². The highest BCUT2D eigenvalue weighted by Crippen LogP contribution is 2.25. The van der Waals surface area contributed by atoms with Gasteiger partial charge in [0.2, 0.25) is 0 Å². The third-order valence-electron chi connectivity index (χ3n) is 3.71. The third-order valence-corrected chi connectivity index (χ3v) is 6.36. The number of nitrogens with one attached hydrogen (secondary N) is 1. The Morgan fingerprint density at radius 3 is 2.81 bits per heavy atom. The lowest BCUT2D eigenvalue weighted by molar-refractivity contribution is 0.583. The molecule has 8 heteroatoms. The summed E-state index contributed by atoms with van der Waals surface area (Å²) in [4.78, 5) is 10.7. The van der Waals surface area contributed by atoms with Gasteiger partial charge in [0, 0.05) is 36.9 Å². The number of sulfone groups is 1. The van der Waals surface area contributed by atoms with Crippen LogP contribution in [0.25, 0.3) is 0 Å². The van der Waals surface area contributed by atoms with E-state index in [1.54, 1.807) is 24.2 Å². The van der Waals surface area contributed by atoms with Crippen LogP contribution < -0.4 is 10.2 Å². The normalized spacial score (nSPS) is 23.3. The van der Waals surface area contributed by atoms with Crippen molar-refractivity contribution in [2.45, 2.75) is 30.8 Å². The molecule has 1 saturated carbocycles. The molecule has 6 nitrogen and oxygen atoms in total. The van der Waals surface area contributed by atoms with Gasteiger partial charge in [-0.1, -0.05) is 0 Å². The van der Waals surface area contributed by atoms with E-state index < -0.39 is 15.2 Å². The quantitative estimate of drug-likeness (QED) is 0.850. The standard InChI is InChI=1S/C13H20N4O2S2/c1-21(18,19)13-9-20-5-4-17(13)12-8-15-11(7-16-12)6-14-10-2-3-10/h7-8,10,13-14H,2-6,9H2,1H3. The van der Waals surface area contributed by atoms with E-state index in [-0.39, 0.29) is 0 Å². The minimum atomic E-state index is -3.12. The molecule has 1 N–H and O–H groups in total. The largest absolute Gasteiger partial charge is 0.337 e. The first-order valence-electron chi connectivity index (χ1n) is 7.11. The van der Waals surface area contributed by atoms with Gasteiger partial charge in [0.15, 0.2) is 9.84 Å². The lowest BCUT2D eigenvalue weighted by Crippen LogP contribution is -2.47. The van der Waals surface area contributed by atoms with E-state index in [0.717, 1.165) is 18.0 Å². The first kappa shape index (κ1) is 15.1. The lowest BCUT2D eigenvalue weighted by Gasteiger charge is -2.34. The van der Waals surface area contributed by atoms with Crippen molar-refractivity contribution in [3.63, 3.8) is 0 Å². The Hall–Kier alpha value is -0.860. The second-order valence-electron chi connectivity index (χ2n) is 5.57. The Labute approximate surface area is 129 Å². The number of nitrogens with zero attached hydrogens (tertiary/aromatic N) is 3. The Bertz CT molecular complexity index is 587. The molecule has 0 amide bonds. The van der Waals surface area contributed by atoms with Gasteiger partial charge in [0.05, 0.1) is 18.1 Å². The molecule has 2 fully saturated rings. The molecule has 1 unspecified atom stereocenters. The van der Waals surface area contributed by atoms with Gasteiger partial charge in [-0.05, 0) is 12.8 Å². The molecule has 2 heterocycles. The maximum absolute atomic E-state index is 11.9. The van der Waals surface area contributed by atoms with Gasteiger partial charge < -0.3 is 10.2 Å². The molecular weight excluding hydrogens is 308 g/mol. The summed E-state index contributed by atoms with van der Waals surface area (Å²) in [6, 6.07) is 0.639. The van der Waals surface area contributed by atoms with E-state index >= 15 is 0 Å². The van der Waals surface area contributed by atoms with Gasteiger partial charge in [-0.2, -0.15) is 11.8 Å². The van der Waals surface area contributed by atoms with Gasteiger partial charge in [-0.25, -0.2) is 13.4 Å². The van der Waals surface area contributed by atoms with Crippen molar-refractivity contribution in [3.8, 4) is 0 Å². The molecule has 2 aliphatic rings. The topological polar surface area (TPSA) is 75.2 Å². The van der Waals surface area contributed by atoms with Crippen LogP contribution in [0.4, 0.5) is 5.82 Å². The molecule has 1 aromatic heterocycles. The van der Waals surface area contributed by atoms with Gasteiger partial charge in [-0.15, -0.1) is 0 Å². The average Bonchev–Trinajstić information content (AvgIpc) is 3.29. The maximum atomic E-state index is 11.9. The van der Waals surface area contributed by atoms with E-state index in [0.29, 0.717) is 24.2 Å². The fourth-order valence-corrected chi connectivity index (χ4v) is 5.15. The molecular formula is C13H20N4O2S2. The molecule has 3 rings (SSSR count). The Balaban J connectivity index is 1.71. The molecule has 1 aliphatic heterocycles. The zero-order valence-electron chi connectivity index (χ0n) is 12.0. The van der Waals surface area contributed by atoms with Crippen LogP contribution in [0.1, 0.15) is 18.5 Å². The van der Waals surface area contributed by atoms with Crippen LogP contribution in [0.5, 0.6) is 0 Å². The number of rotatable bonds is 5. The van der Waals surface area contributed by atoms with E-state index in [9.17, 15) is 8.42 Å². The Morgan fingerprint density at radius 2 is 2.19 bits per heavy atom. The summed E-state index contributed by atoms with van der Waals surface area (Å²) in [6.45, 7) is 1.42. The van der Waals surface area contributed by atoms with E-state index in [1.165, 1.54) is 19.1 Å². The fraction of sp³-hybridized carbons (Fsp3) is 0.692. The summed E-state index contributed by atoms with van der Waals surface area (Å²) in [5, 5.41) is 2.89. The zero-order valence-corrected chi connectivity index (χ0v) is 13.7. The Morgan fingerprint density at radius 1 is 1.38 bits per heavy atom. The van der Waals surface area contributed by atoms with E-state index in [1.807, 2.05) is 4.90 Å². The minimum absolute atomic E-state index is 0.499. The molecule has 0 radical (unpaired) electrons. The number of anilines is 1. The predicted molar refractivity (Wildman–Crippen MR) is 85.2 cm³/mol. The molecule has 1 aromatic rings. The summed E-state index contributed by atoms with van der Waals surface area (Å²) in [5.74, 6) is 2.16. The van der Waals surface area contributed by atoms with Gasteiger partial charge in [0.1, 0.15) is 11.2 Å².